The first-order chi connectivity index (χ1) is 14.8. The maximum absolute atomic E-state index is 6.28. The SMILES string of the molecule is C[O+]=[C-]/C=C(/C=C1C=C(c2ccccc2)OC(c2ccccc2)=C1)c1ccccc1. The van der Waals surface area contributed by atoms with Crippen LogP contribution in [0.4, 0.5) is 0 Å². The van der Waals surface area contributed by atoms with Crippen LogP contribution in [-0.4, -0.2) is 13.4 Å². The Morgan fingerprint density at radius 2 is 1.23 bits per heavy atom. The van der Waals surface area contributed by atoms with Crippen molar-refractivity contribution in [1.29, 1.82) is 0 Å². The molecular weight excluding hydrogens is 368 g/mol. The topological polar surface area (TPSA) is 20.5 Å². The van der Waals surface area contributed by atoms with Crippen LogP contribution in [0, 0.1) is 0 Å². The molecule has 0 saturated carbocycles. The van der Waals surface area contributed by atoms with Gasteiger partial charge in [0.05, 0.1) is 0 Å². The van der Waals surface area contributed by atoms with Gasteiger partial charge in [0.15, 0.2) is 0 Å². The van der Waals surface area contributed by atoms with Crippen molar-refractivity contribution in [1.82, 2.24) is 0 Å². The summed E-state index contributed by atoms with van der Waals surface area (Å²) in [5.74, 6) is 1.63. The molecule has 1 aliphatic heterocycles. The van der Waals surface area contributed by atoms with Crippen LogP contribution in [0.1, 0.15) is 16.7 Å². The molecule has 2 nitrogen and oxygen atoms in total. The standard InChI is InChI=1S/C28H22O2/c1-29-18-17-26(23-11-5-2-6-12-23)19-22-20-27(24-13-7-3-8-14-24)30-28(21-22)25-15-9-4-10-16-25/h2-17,19-21H,1H3/b26-17-. The van der Waals surface area contributed by atoms with Crippen LogP contribution in [0.3, 0.4) is 0 Å². The Bertz CT molecular complexity index is 1080. The van der Waals surface area contributed by atoms with E-state index in [0.717, 1.165) is 39.4 Å². The van der Waals surface area contributed by atoms with E-state index < -0.39 is 0 Å². The van der Waals surface area contributed by atoms with E-state index in [4.69, 9.17) is 9.16 Å². The second-order valence-corrected chi connectivity index (χ2v) is 6.78. The highest BCUT2D eigenvalue weighted by molar-refractivity contribution is 5.89. The van der Waals surface area contributed by atoms with E-state index in [1.165, 1.54) is 0 Å². The van der Waals surface area contributed by atoms with Crippen LogP contribution in [0.25, 0.3) is 17.1 Å². The molecule has 0 unspecified atom stereocenters. The van der Waals surface area contributed by atoms with E-state index in [-0.39, 0.29) is 0 Å². The van der Waals surface area contributed by atoms with E-state index in [1.807, 2.05) is 60.7 Å². The van der Waals surface area contributed by atoms with E-state index in [1.54, 1.807) is 7.11 Å². The zero-order chi connectivity index (χ0) is 20.6. The highest BCUT2D eigenvalue weighted by Crippen LogP contribution is 2.33. The lowest BCUT2D eigenvalue weighted by Crippen LogP contribution is -2.00. The third kappa shape index (κ3) is 4.73. The molecule has 0 amide bonds. The third-order valence-corrected chi connectivity index (χ3v) is 4.69. The smallest absolute Gasteiger partial charge is 0.229 e. The molecule has 0 aromatic heterocycles. The molecule has 0 aliphatic carbocycles. The molecule has 4 rings (SSSR count). The van der Waals surface area contributed by atoms with Gasteiger partial charge >= 0.3 is 0 Å². The monoisotopic (exact) mass is 390 g/mol. The van der Waals surface area contributed by atoms with Crippen LogP contribution in [0.2, 0.25) is 0 Å². The summed E-state index contributed by atoms with van der Waals surface area (Å²) in [7, 11) is 1.60. The molecule has 0 radical (unpaired) electrons. The molecule has 0 atom stereocenters. The van der Waals surface area contributed by atoms with E-state index in [0.29, 0.717) is 0 Å². The number of hydrogen-bond acceptors (Lipinski definition) is 1. The highest BCUT2D eigenvalue weighted by atomic mass is 16.5. The van der Waals surface area contributed by atoms with Crippen molar-refractivity contribution in [3.8, 4) is 0 Å². The van der Waals surface area contributed by atoms with Gasteiger partial charge in [-0.15, -0.1) is 12.2 Å². The summed E-state index contributed by atoms with van der Waals surface area (Å²) < 4.78 is 11.3. The van der Waals surface area contributed by atoms with Gasteiger partial charge in [0, 0.05) is 11.1 Å². The fourth-order valence-electron chi connectivity index (χ4n) is 3.24. The Morgan fingerprint density at radius 1 is 0.733 bits per heavy atom. The predicted molar refractivity (Wildman–Crippen MR) is 124 cm³/mol. The van der Waals surface area contributed by atoms with E-state index >= 15 is 0 Å². The molecule has 0 saturated heterocycles. The Kier molecular flexibility index (Phi) is 6.16. The van der Waals surface area contributed by atoms with Crippen LogP contribution < -0.4 is 0 Å². The first kappa shape index (κ1) is 19.4. The molecule has 0 fully saturated rings. The summed E-state index contributed by atoms with van der Waals surface area (Å²) in [6, 6.07) is 30.5. The van der Waals surface area contributed by atoms with E-state index in [2.05, 4.69) is 60.9 Å². The number of carbonyl (C=O) groups excluding carboxylic acids is 1. The van der Waals surface area contributed by atoms with E-state index in [9.17, 15) is 0 Å². The van der Waals surface area contributed by atoms with Crippen molar-refractivity contribution in [2.24, 2.45) is 0 Å². The van der Waals surface area contributed by atoms with Crippen LogP contribution in [0.15, 0.2) is 121 Å². The van der Waals surface area contributed by atoms with Gasteiger partial charge in [-0.25, -0.2) is 0 Å². The molecule has 146 valence electrons. The zero-order valence-corrected chi connectivity index (χ0v) is 16.8. The van der Waals surface area contributed by atoms with Crippen molar-refractivity contribution < 1.29 is 9.16 Å². The minimum Gasteiger partial charge on any atom is -0.456 e. The number of rotatable bonds is 5. The molecule has 3 aromatic rings. The average molecular weight is 390 g/mol. The largest absolute Gasteiger partial charge is 0.456 e. The van der Waals surface area contributed by atoms with Crippen molar-refractivity contribution >= 4 is 23.4 Å². The van der Waals surface area contributed by atoms with Crippen molar-refractivity contribution in [2.45, 2.75) is 0 Å². The molecule has 1 heterocycles. The molecule has 0 spiro atoms. The molecule has 3 aromatic carbocycles. The lowest BCUT2D eigenvalue weighted by Gasteiger charge is -2.20. The van der Waals surface area contributed by atoms with Crippen LogP contribution in [-0.2, 0) is 9.16 Å². The third-order valence-electron chi connectivity index (χ3n) is 4.69. The van der Waals surface area contributed by atoms with Gasteiger partial charge in [-0.2, -0.15) is 5.57 Å². The minimum atomic E-state index is 0.815. The summed E-state index contributed by atoms with van der Waals surface area (Å²) in [5, 5.41) is 0. The van der Waals surface area contributed by atoms with Crippen molar-refractivity contribution in [3.05, 3.63) is 138 Å². The Hall–Kier alpha value is -3.91. The van der Waals surface area contributed by atoms with Crippen LogP contribution >= 0.6 is 0 Å². The van der Waals surface area contributed by atoms with Gasteiger partial charge < -0.3 is 9.16 Å². The quantitative estimate of drug-likeness (QED) is 0.281. The second-order valence-electron chi connectivity index (χ2n) is 6.78. The lowest BCUT2D eigenvalue weighted by atomic mass is 9.99. The lowest BCUT2D eigenvalue weighted by molar-refractivity contribution is 0.186. The first-order valence-corrected chi connectivity index (χ1v) is 9.81. The Morgan fingerprint density at radius 3 is 1.73 bits per heavy atom. The summed E-state index contributed by atoms with van der Waals surface area (Å²) in [5.41, 5.74) is 5.19. The maximum atomic E-state index is 6.28. The number of allylic oxidation sites excluding steroid dienone is 6. The second kappa shape index (κ2) is 9.53. The van der Waals surface area contributed by atoms with Crippen molar-refractivity contribution in [2.75, 3.05) is 7.11 Å². The molecule has 0 bridgehead atoms. The molecule has 2 heteroatoms. The average Bonchev–Trinajstić information content (AvgIpc) is 2.83. The maximum Gasteiger partial charge on any atom is 0.229 e. The van der Waals surface area contributed by atoms with Gasteiger partial charge in [-0.1, -0.05) is 96.6 Å². The van der Waals surface area contributed by atoms with Gasteiger partial charge in [0.2, 0.25) is 13.4 Å². The Labute approximate surface area is 177 Å². The number of ether oxygens (including phenoxy) is 1. The van der Waals surface area contributed by atoms with Crippen LogP contribution in [0.5, 0.6) is 0 Å². The molecule has 30 heavy (non-hydrogen) atoms. The minimum absolute atomic E-state index is 0.815. The summed E-state index contributed by atoms with van der Waals surface area (Å²) in [4.78, 5) is 0. The first-order valence-electron chi connectivity index (χ1n) is 9.81. The fourth-order valence-corrected chi connectivity index (χ4v) is 3.24. The molecule has 1 aliphatic rings. The predicted octanol–water partition coefficient (Wildman–Crippen LogP) is 6.38. The summed E-state index contributed by atoms with van der Waals surface area (Å²) in [6.07, 6.45) is 10.9. The van der Waals surface area contributed by atoms with Gasteiger partial charge in [-0.3, -0.25) is 0 Å². The zero-order valence-electron chi connectivity index (χ0n) is 16.8. The van der Waals surface area contributed by atoms with Crippen molar-refractivity contribution in [3.63, 3.8) is 0 Å². The molecular formula is C28H22O2. The fraction of sp³-hybridized carbons (Fsp3) is 0.0357. The summed E-state index contributed by atoms with van der Waals surface area (Å²) in [6.45, 7) is 0. The molecule has 0 N–H and O–H groups in total. The highest BCUT2D eigenvalue weighted by Gasteiger charge is 2.14. The van der Waals surface area contributed by atoms with Gasteiger partial charge in [0.1, 0.15) is 11.5 Å². The number of benzene rings is 3. The van der Waals surface area contributed by atoms with Gasteiger partial charge in [0.25, 0.3) is 0 Å². The van der Waals surface area contributed by atoms with Gasteiger partial charge in [-0.05, 0) is 17.7 Å². The number of hydrogen-bond donors (Lipinski definition) is 0. The normalized spacial score (nSPS) is 14.2. The summed E-state index contributed by atoms with van der Waals surface area (Å²) >= 11 is 0. The Balaban J connectivity index is 1.81.